The van der Waals surface area contributed by atoms with Crippen molar-refractivity contribution in [3.05, 3.63) is 24.3 Å². The molecule has 1 aromatic carbocycles. The van der Waals surface area contributed by atoms with Crippen molar-refractivity contribution in [3.8, 4) is 5.75 Å². The largest absolute Gasteiger partial charge is 0.508 e. The normalized spacial score (nSPS) is 15.4. The van der Waals surface area contributed by atoms with Gasteiger partial charge in [0, 0.05) is 21.8 Å². The van der Waals surface area contributed by atoms with E-state index in [1.54, 1.807) is 5.19 Å². The molecule has 0 spiro atoms. The highest BCUT2D eigenvalue weighted by Crippen LogP contribution is 2.30. The Morgan fingerprint density at radius 2 is 1.26 bits per heavy atom. The minimum atomic E-state index is -1.17. The van der Waals surface area contributed by atoms with Crippen molar-refractivity contribution >= 4 is 35.3 Å². The lowest BCUT2D eigenvalue weighted by Crippen LogP contribution is -2.76. The molecule has 1 atom stereocenters. The van der Waals surface area contributed by atoms with Crippen LogP contribution >= 0.6 is 0 Å². The fourth-order valence-corrected chi connectivity index (χ4v) is 65.6. The van der Waals surface area contributed by atoms with Gasteiger partial charge in [-0.3, -0.25) is 0 Å². The van der Waals surface area contributed by atoms with E-state index in [1.807, 2.05) is 12.1 Å². The molecule has 0 aliphatic heterocycles. The van der Waals surface area contributed by atoms with Crippen LogP contribution in [-0.2, 0) is 0 Å². The van der Waals surface area contributed by atoms with Crippen LogP contribution in [-0.4, -0.2) is 35.2 Å². The maximum Gasteiger partial charge on any atom is 0.115 e. The van der Waals surface area contributed by atoms with E-state index in [2.05, 4.69) is 64.5 Å². The summed E-state index contributed by atoms with van der Waals surface area (Å²) in [6, 6.07) is 8.09. The van der Waals surface area contributed by atoms with Crippen molar-refractivity contribution in [1.82, 2.24) is 0 Å². The molecular formula is C14H30OSi4. The molecule has 0 aliphatic rings. The van der Waals surface area contributed by atoms with Crippen LogP contribution < -0.4 is 5.19 Å². The van der Waals surface area contributed by atoms with Gasteiger partial charge in [-0.15, -0.1) is 0 Å². The predicted octanol–water partition coefficient (Wildman–Crippen LogP) is 3.45. The van der Waals surface area contributed by atoms with Gasteiger partial charge in [0.25, 0.3) is 0 Å². The van der Waals surface area contributed by atoms with Gasteiger partial charge in [-0.2, -0.15) is 0 Å². The van der Waals surface area contributed by atoms with E-state index in [0.29, 0.717) is 5.75 Å². The van der Waals surface area contributed by atoms with Crippen LogP contribution in [0, 0.1) is 0 Å². The first-order chi connectivity index (χ1) is 8.41. The predicted molar refractivity (Wildman–Crippen MR) is 99.1 cm³/mol. The van der Waals surface area contributed by atoms with E-state index >= 15 is 0 Å². The molecule has 1 nitrogen and oxygen atoms in total. The number of benzene rings is 1. The highest BCUT2D eigenvalue weighted by atomic mass is 29.8. The van der Waals surface area contributed by atoms with Gasteiger partial charge < -0.3 is 5.11 Å². The molecule has 0 bridgehead atoms. The van der Waals surface area contributed by atoms with E-state index in [-0.39, 0.29) is 0 Å². The number of aromatic hydroxyl groups is 1. The summed E-state index contributed by atoms with van der Waals surface area (Å²) in [5.74, 6) is 0.395. The van der Waals surface area contributed by atoms with Crippen molar-refractivity contribution in [1.29, 1.82) is 0 Å². The Kier molecular flexibility index (Phi) is 4.77. The molecule has 0 aliphatic carbocycles. The van der Waals surface area contributed by atoms with Crippen molar-refractivity contribution in [3.63, 3.8) is 0 Å². The van der Waals surface area contributed by atoms with Crippen LogP contribution in [0.3, 0.4) is 0 Å². The second kappa shape index (κ2) is 5.35. The highest BCUT2D eigenvalue weighted by Gasteiger charge is 2.52. The van der Waals surface area contributed by atoms with Gasteiger partial charge in [0.15, 0.2) is 0 Å². The number of hydrogen-bond donors (Lipinski definition) is 1. The summed E-state index contributed by atoms with van der Waals surface area (Å²) in [5, 5.41) is 11.0. The van der Waals surface area contributed by atoms with Gasteiger partial charge in [0.2, 0.25) is 0 Å². The fraction of sp³-hybridized carbons (Fsp3) is 0.571. The highest BCUT2D eigenvalue weighted by molar-refractivity contribution is 7.81. The van der Waals surface area contributed by atoms with E-state index in [1.165, 1.54) is 0 Å². The van der Waals surface area contributed by atoms with Crippen LogP contribution in [0.25, 0.3) is 0 Å². The zero-order valence-electron chi connectivity index (χ0n) is 13.8. The molecule has 0 amide bonds. The Hall–Kier alpha value is -0.112. The quantitative estimate of drug-likeness (QED) is 0.840. The van der Waals surface area contributed by atoms with Crippen LogP contribution in [0.5, 0.6) is 5.75 Å². The second-order valence-corrected chi connectivity index (χ2v) is 47.2. The third kappa shape index (κ3) is 3.15. The maximum atomic E-state index is 9.47. The van der Waals surface area contributed by atoms with Gasteiger partial charge in [-0.25, -0.2) is 0 Å². The minimum Gasteiger partial charge on any atom is -0.508 e. The average molecular weight is 327 g/mol. The third-order valence-corrected chi connectivity index (χ3v) is 70.4. The first-order valence-corrected chi connectivity index (χ1v) is 22.2. The van der Waals surface area contributed by atoms with Gasteiger partial charge >= 0.3 is 0 Å². The average Bonchev–Trinajstić information content (AvgIpc) is 2.27. The van der Waals surface area contributed by atoms with Crippen molar-refractivity contribution in [2.75, 3.05) is 0 Å². The maximum absolute atomic E-state index is 9.47. The van der Waals surface area contributed by atoms with E-state index in [9.17, 15) is 5.11 Å². The Labute approximate surface area is 123 Å². The molecule has 0 aromatic heterocycles. The smallest absolute Gasteiger partial charge is 0.115 e. The third-order valence-electron chi connectivity index (χ3n) is 5.96. The molecule has 19 heavy (non-hydrogen) atoms. The standard InChI is InChI=1S/C14H30OSi4/c1-16(14-11-9-13(15)10-12-14)18(5,6)19(7,8)17(2,3)4/h9-12,15-16H,1-8H3. The summed E-state index contributed by atoms with van der Waals surface area (Å²) in [4.78, 5) is 0. The number of rotatable bonds is 4. The Morgan fingerprint density at radius 3 is 1.63 bits per heavy atom. The SMILES string of the molecule is C[SiH](c1ccc(O)cc1)[Si](C)(C)[Si](C)(C)[Si](C)(C)C. The molecule has 1 aromatic rings. The van der Waals surface area contributed by atoms with Crippen molar-refractivity contribution in [2.45, 2.75) is 52.4 Å². The van der Waals surface area contributed by atoms with Crippen LogP contribution in [0.1, 0.15) is 0 Å². The molecule has 0 heterocycles. The first-order valence-electron chi connectivity index (χ1n) is 7.20. The number of phenolic OH excluding ortho intramolecular Hbond substituents is 1. The second-order valence-electron chi connectivity index (χ2n) is 7.91. The number of phenols is 1. The summed E-state index contributed by atoms with van der Waals surface area (Å²) >= 11 is 0. The monoisotopic (exact) mass is 326 g/mol. The zero-order chi connectivity index (χ0) is 15.1. The van der Waals surface area contributed by atoms with Gasteiger partial charge in [0.1, 0.15) is 5.75 Å². The summed E-state index contributed by atoms with van der Waals surface area (Å²) in [7, 11) is -4.22. The molecule has 0 radical (unpaired) electrons. The van der Waals surface area contributed by atoms with Crippen LogP contribution in [0.15, 0.2) is 24.3 Å². The molecule has 0 saturated carbocycles. The van der Waals surface area contributed by atoms with Crippen LogP contribution in [0.2, 0.25) is 52.4 Å². The van der Waals surface area contributed by atoms with Gasteiger partial charge in [-0.1, -0.05) is 69.7 Å². The van der Waals surface area contributed by atoms with E-state index in [4.69, 9.17) is 0 Å². The summed E-state index contributed by atoms with van der Waals surface area (Å²) in [5.41, 5.74) is 0. The fourth-order valence-electron chi connectivity index (χ4n) is 2.69. The summed E-state index contributed by atoms with van der Waals surface area (Å²) < 4.78 is 0. The molecule has 108 valence electrons. The molecule has 1 unspecified atom stereocenters. The van der Waals surface area contributed by atoms with Gasteiger partial charge in [-0.05, 0) is 12.1 Å². The van der Waals surface area contributed by atoms with E-state index in [0.717, 1.165) is 0 Å². The van der Waals surface area contributed by atoms with Gasteiger partial charge in [0.05, 0.1) is 8.31 Å². The summed E-state index contributed by atoms with van der Waals surface area (Å²) in [6.45, 7) is 20.9. The van der Waals surface area contributed by atoms with Crippen molar-refractivity contribution in [2.24, 2.45) is 0 Å². The molecule has 1 N–H and O–H groups in total. The van der Waals surface area contributed by atoms with E-state index < -0.39 is 30.1 Å². The van der Waals surface area contributed by atoms with Crippen molar-refractivity contribution < 1.29 is 5.11 Å². The Balaban J connectivity index is 3.16. The first kappa shape index (κ1) is 16.9. The molecule has 1 rings (SSSR count). The zero-order valence-corrected chi connectivity index (χ0v) is 18.0. The number of hydrogen-bond acceptors (Lipinski definition) is 1. The topological polar surface area (TPSA) is 20.2 Å². The summed E-state index contributed by atoms with van der Waals surface area (Å²) in [6.07, 6.45) is 0. The lowest BCUT2D eigenvalue weighted by molar-refractivity contribution is 0.475. The molecule has 5 heteroatoms. The Morgan fingerprint density at radius 1 is 0.842 bits per heavy atom. The minimum absolute atomic E-state index is 0.395. The van der Waals surface area contributed by atoms with Crippen LogP contribution in [0.4, 0.5) is 0 Å². The lowest BCUT2D eigenvalue weighted by Gasteiger charge is -2.49. The lowest BCUT2D eigenvalue weighted by atomic mass is 10.3. The Bertz CT molecular complexity index is 432. The molecule has 0 fully saturated rings. The molecular weight excluding hydrogens is 296 g/mol. The molecule has 0 saturated heterocycles.